The van der Waals surface area contributed by atoms with Gasteiger partial charge in [0.2, 0.25) is 5.91 Å². The van der Waals surface area contributed by atoms with Crippen LogP contribution < -0.4 is 16.5 Å². The molecular weight excluding hydrogens is 444 g/mol. The lowest BCUT2D eigenvalue weighted by Crippen LogP contribution is -2.49. The number of anilines is 1. The fraction of sp³-hybridized carbons (Fsp3) is 0.417. The number of ether oxygens (including phenoxy) is 1. The van der Waals surface area contributed by atoms with Crippen LogP contribution in [0.4, 0.5) is 5.82 Å². The molecule has 0 saturated heterocycles. The number of carbonyl (C=O) groups is 1. The van der Waals surface area contributed by atoms with Crippen molar-refractivity contribution in [2.75, 3.05) is 12.3 Å². The number of nitrogens with two attached hydrogens (primary N) is 1. The van der Waals surface area contributed by atoms with Gasteiger partial charge in [0.05, 0.1) is 22.9 Å². The van der Waals surface area contributed by atoms with Crippen molar-refractivity contribution >= 4 is 29.4 Å². The Bertz CT molecular complexity index is 1000. The molecule has 178 valence electrons. The average Bonchev–Trinajstić information content (AvgIpc) is 3.10. The number of hydrogen-bond donors (Lipinski definition) is 4. The van der Waals surface area contributed by atoms with Crippen LogP contribution in [0.2, 0.25) is 0 Å². The summed E-state index contributed by atoms with van der Waals surface area (Å²) in [5.41, 5.74) is 9.10. The molecule has 2 aliphatic rings. The van der Waals surface area contributed by atoms with Gasteiger partial charge in [0.25, 0.3) is 0 Å². The third-order valence-corrected chi connectivity index (χ3v) is 6.07. The van der Waals surface area contributed by atoms with Gasteiger partial charge in [0.15, 0.2) is 0 Å². The zero-order chi connectivity index (χ0) is 24.2. The minimum absolute atomic E-state index is 0.194. The lowest BCUT2D eigenvalue weighted by atomic mass is 9.90. The predicted molar refractivity (Wildman–Crippen MR) is 128 cm³/mol. The van der Waals surface area contributed by atoms with Crippen molar-refractivity contribution < 1.29 is 19.5 Å². The van der Waals surface area contributed by atoms with Crippen LogP contribution in [-0.2, 0) is 14.4 Å². The van der Waals surface area contributed by atoms with Gasteiger partial charge in [-0.25, -0.2) is 4.98 Å². The molecule has 1 aromatic rings. The fourth-order valence-electron chi connectivity index (χ4n) is 3.01. The summed E-state index contributed by atoms with van der Waals surface area (Å²) in [7, 11) is 0. The van der Waals surface area contributed by atoms with Crippen LogP contribution in [0.15, 0.2) is 58.6 Å². The van der Waals surface area contributed by atoms with Gasteiger partial charge in [-0.1, -0.05) is 17.7 Å². The second-order valence-electron chi connectivity index (χ2n) is 9.10. The smallest absolute Gasteiger partial charge is 0.244 e. The number of aromatic nitrogens is 1. The minimum atomic E-state index is -1.04. The number of aliphatic hydroxyl groups is 1. The van der Waals surface area contributed by atoms with Gasteiger partial charge in [0, 0.05) is 18.7 Å². The van der Waals surface area contributed by atoms with Crippen molar-refractivity contribution in [2.24, 2.45) is 0 Å². The molecule has 3 rings (SSSR count). The summed E-state index contributed by atoms with van der Waals surface area (Å²) >= 11 is 6.49. The summed E-state index contributed by atoms with van der Waals surface area (Å²) in [6.07, 6.45) is 9.50. The zero-order valence-corrected chi connectivity index (χ0v) is 20.1. The first kappa shape index (κ1) is 24.8. The van der Waals surface area contributed by atoms with E-state index in [0.29, 0.717) is 41.7 Å². The van der Waals surface area contributed by atoms with E-state index in [9.17, 15) is 9.90 Å². The molecule has 5 N–H and O–H groups in total. The van der Waals surface area contributed by atoms with E-state index in [-0.39, 0.29) is 12.0 Å². The molecule has 0 aromatic carbocycles. The van der Waals surface area contributed by atoms with Gasteiger partial charge in [-0.05, 0) is 69.5 Å². The van der Waals surface area contributed by atoms with Crippen molar-refractivity contribution in [3.05, 3.63) is 64.2 Å². The summed E-state index contributed by atoms with van der Waals surface area (Å²) < 4.78 is 6.01. The highest BCUT2D eigenvalue weighted by Crippen LogP contribution is 2.36. The Kier molecular flexibility index (Phi) is 7.51. The number of halogens is 1. The third kappa shape index (κ3) is 6.60. The number of hydroxylamine groups is 1. The normalized spacial score (nSPS) is 18.9. The van der Waals surface area contributed by atoms with Gasteiger partial charge in [-0.2, -0.15) is 0 Å². The Labute approximate surface area is 199 Å². The number of allylic oxidation sites excluding steroid dienone is 3. The molecular formula is C24H31ClN4O4. The molecule has 33 heavy (non-hydrogen) atoms. The number of amides is 1. The lowest BCUT2D eigenvalue weighted by molar-refractivity contribution is -0.175. The van der Waals surface area contributed by atoms with Gasteiger partial charge in [-0.15, -0.1) is 0 Å². The Morgan fingerprint density at radius 1 is 1.39 bits per heavy atom. The Morgan fingerprint density at radius 3 is 2.82 bits per heavy atom. The first-order valence-electron chi connectivity index (χ1n) is 10.7. The van der Waals surface area contributed by atoms with Crippen molar-refractivity contribution in [1.82, 2.24) is 15.8 Å². The second kappa shape index (κ2) is 9.99. The maximum Gasteiger partial charge on any atom is 0.244 e. The van der Waals surface area contributed by atoms with Gasteiger partial charge < -0.3 is 20.9 Å². The fourth-order valence-corrected chi connectivity index (χ4v) is 3.31. The number of nitrogens with one attached hydrogen (secondary N) is 2. The quantitative estimate of drug-likeness (QED) is 0.337. The van der Waals surface area contributed by atoms with Gasteiger partial charge in [0.1, 0.15) is 23.3 Å². The molecule has 0 spiro atoms. The number of nitrogens with zero attached hydrogens (tertiary/aromatic N) is 1. The molecule has 1 aromatic heterocycles. The van der Waals surface area contributed by atoms with Crippen LogP contribution in [0, 0.1) is 0 Å². The number of nitrogen functional groups attached to an aromatic ring is 1. The van der Waals surface area contributed by atoms with Crippen LogP contribution in [0.25, 0.3) is 6.08 Å². The van der Waals surface area contributed by atoms with E-state index in [1.165, 1.54) is 6.08 Å². The van der Waals surface area contributed by atoms with E-state index in [4.69, 9.17) is 26.9 Å². The predicted octanol–water partition coefficient (Wildman–Crippen LogP) is 3.32. The van der Waals surface area contributed by atoms with Crippen LogP contribution >= 0.6 is 11.6 Å². The third-order valence-electron chi connectivity index (χ3n) is 5.78. The molecule has 1 aliphatic heterocycles. The Morgan fingerprint density at radius 2 is 2.15 bits per heavy atom. The highest BCUT2D eigenvalue weighted by molar-refractivity contribution is 6.32. The molecule has 0 bridgehead atoms. The molecule has 8 nitrogen and oxygen atoms in total. The molecule has 2 heterocycles. The topological polar surface area (TPSA) is 119 Å². The minimum Gasteiger partial charge on any atom is -0.487 e. The van der Waals surface area contributed by atoms with Crippen molar-refractivity contribution in [3.63, 3.8) is 0 Å². The van der Waals surface area contributed by atoms with Crippen LogP contribution in [0.3, 0.4) is 0 Å². The molecule has 1 atom stereocenters. The lowest BCUT2D eigenvalue weighted by Gasteiger charge is -2.36. The number of carbonyl (C=O) groups excluding carboxylic acids is 1. The molecule has 9 heteroatoms. The standard InChI is InChI=1S/C24H31ClN4O4/c1-23(2,31)24(3,4)33-29-17-8-7-16-11-18(32-22(16)19(25)12-17)14-28-21(30)10-6-15-5-9-20(26)27-13-15/h5-6,8-10,12-13,18,29,31H,7,11,14H2,1-4H3,(H2,26,27)(H,28,30)/b10-6+. The summed E-state index contributed by atoms with van der Waals surface area (Å²) in [4.78, 5) is 21.8. The first-order valence-corrected chi connectivity index (χ1v) is 11.1. The van der Waals surface area contributed by atoms with E-state index in [0.717, 1.165) is 11.1 Å². The Hall–Kier alpha value is -2.81. The van der Waals surface area contributed by atoms with E-state index < -0.39 is 11.2 Å². The van der Waals surface area contributed by atoms with Crippen LogP contribution in [0.1, 0.15) is 46.1 Å². The summed E-state index contributed by atoms with van der Waals surface area (Å²) in [5, 5.41) is 13.5. The molecule has 1 aliphatic carbocycles. The highest BCUT2D eigenvalue weighted by atomic mass is 35.5. The highest BCUT2D eigenvalue weighted by Gasteiger charge is 2.37. The molecule has 1 unspecified atom stereocenters. The van der Waals surface area contributed by atoms with Gasteiger partial charge >= 0.3 is 0 Å². The summed E-state index contributed by atoms with van der Waals surface area (Å²) in [5.74, 6) is 0.837. The zero-order valence-electron chi connectivity index (χ0n) is 19.3. The molecule has 0 saturated carbocycles. The summed E-state index contributed by atoms with van der Waals surface area (Å²) in [6.45, 7) is 7.33. The van der Waals surface area contributed by atoms with Crippen molar-refractivity contribution in [1.29, 1.82) is 0 Å². The first-order chi connectivity index (χ1) is 15.4. The average molecular weight is 475 g/mol. The number of hydrogen-bond acceptors (Lipinski definition) is 7. The summed E-state index contributed by atoms with van der Waals surface area (Å²) in [6, 6.07) is 3.46. The monoisotopic (exact) mass is 474 g/mol. The second-order valence-corrected chi connectivity index (χ2v) is 9.51. The number of pyridine rings is 1. The molecule has 0 fully saturated rings. The number of rotatable bonds is 8. The van der Waals surface area contributed by atoms with Crippen molar-refractivity contribution in [2.45, 2.75) is 57.8 Å². The van der Waals surface area contributed by atoms with Crippen molar-refractivity contribution in [3.8, 4) is 0 Å². The SMILES string of the molecule is CC(C)(O)C(C)(C)ONC1=CCC2=C(OC(CNC(=O)/C=C/c3ccc(N)nc3)C2)C(Cl)=C1. The molecule has 1 amide bonds. The van der Waals surface area contributed by atoms with E-state index in [2.05, 4.69) is 15.8 Å². The van der Waals surface area contributed by atoms with Gasteiger partial charge in [-0.3, -0.25) is 15.1 Å². The van der Waals surface area contributed by atoms with E-state index in [1.807, 2.05) is 6.08 Å². The van der Waals surface area contributed by atoms with Crippen LogP contribution in [0.5, 0.6) is 0 Å². The van der Waals surface area contributed by atoms with Crippen LogP contribution in [-0.4, -0.2) is 39.8 Å². The maximum atomic E-state index is 12.1. The maximum absolute atomic E-state index is 12.1. The van der Waals surface area contributed by atoms with E-state index >= 15 is 0 Å². The Balaban J connectivity index is 1.49. The van der Waals surface area contributed by atoms with E-state index in [1.54, 1.807) is 58.2 Å². The largest absolute Gasteiger partial charge is 0.487 e. The molecule has 0 radical (unpaired) electrons.